The van der Waals surface area contributed by atoms with Crippen molar-refractivity contribution in [1.29, 1.82) is 0 Å². The molecule has 4 nitrogen and oxygen atoms in total. The largest absolute Gasteiger partial charge is 0.496 e. The Morgan fingerprint density at radius 3 is 2.65 bits per heavy atom. The predicted molar refractivity (Wildman–Crippen MR) is 66.1 cm³/mol. The average Bonchev–Trinajstić information content (AvgIpc) is 2.35. The second kappa shape index (κ2) is 5.68. The molecule has 3 N–H and O–H groups in total. The van der Waals surface area contributed by atoms with E-state index in [0.717, 1.165) is 17.5 Å². The highest BCUT2D eigenvalue weighted by Crippen LogP contribution is 2.29. The van der Waals surface area contributed by atoms with Gasteiger partial charge < -0.3 is 15.6 Å². The number of carbonyl (C=O) groups is 1. The Labute approximate surface area is 101 Å². The third-order valence-electron chi connectivity index (χ3n) is 2.99. The minimum atomic E-state index is -0.901. The number of hydrogen-bond acceptors (Lipinski definition) is 3. The number of nitrogens with two attached hydrogens (primary N) is 1. The Morgan fingerprint density at radius 1 is 1.53 bits per heavy atom. The van der Waals surface area contributed by atoms with Gasteiger partial charge in [0.15, 0.2) is 0 Å². The Kier molecular flexibility index (Phi) is 4.52. The summed E-state index contributed by atoms with van der Waals surface area (Å²) < 4.78 is 5.22. The number of methoxy groups -OCH3 is 1. The SMILES string of the molecule is CCc1ccc(OC)c(C(N)C(C)C(=O)O)c1. The first-order valence-electron chi connectivity index (χ1n) is 5.66. The summed E-state index contributed by atoms with van der Waals surface area (Å²) in [5, 5.41) is 8.98. The minimum absolute atomic E-state index is 0.561. The lowest BCUT2D eigenvalue weighted by molar-refractivity contribution is -0.141. The van der Waals surface area contributed by atoms with Gasteiger partial charge in [-0.25, -0.2) is 0 Å². The van der Waals surface area contributed by atoms with Gasteiger partial charge in [-0.2, -0.15) is 0 Å². The molecule has 0 saturated heterocycles. The van der Waals surface area contributed by atoms with Gasteiger partial charge in [0.25, 0.3) is 0 Å². The molecule has 1 rings (SSSR count). The van der Waals surface area contributed by atoms with Gasteiger partial charge in [0.05, 0.1) is 13.0 Å². The monoisotopic (exact) mass is 237 g/mol. The Hall–Kier alpha value is -1.55. The zero-order valence-electron chi connectivity index (χ0n) is 10.4. The van der Waals surface area contributed by atoms with Crippen LogP contribution in [0.1, 0.15) is 31.0 Å². The van der Waals surface area contributed by atoms with Crippen molar-refractivity contribution in [2.75, 3.05) is 7.11 Å². The van der Waals surface area contributed by atoms with Gasteiger partial charge in [-0.1, -0.05) is 26.0 Å². The van der Waals surface area contributed by atoms with Gasteiger partial charge in [-0.05, 0) is 18.1 Å². The summed E-state index contributed by atoms with van der Waals surface area (Å²) in [7, 11) is 1.56. The number of benzene rings is 1. The van der Waals surface area contributed by atoms with Crippen LogP contribution in [-0.4, -0.2) is 18.2 Å². The zero-order chi connectivity index (χ0) is 13.0. The molecule has 2 atom stereocenters. The van der Waals surface area contributed by atoms with E-state index in [2.05, 4.69) is 0 Å². The molecule has 0 aliphatic heterocycles. The zero-order valence-corrected chi connectivity index (χ0v) is 10.4. The molecule has 2 unspecified atom stereocenters. The van der Waals surface area contributed by atoms with Crippen LogP contribution >= 0.6 is 0 Å². The fraction of sp³-hybridized carbons (Fsp3) is 0.462. The maximum absolute atomic E-state index is 10.9. The quantitative estimate of drug-likeness (QED) is 0.821. The molecule has 0 spiro atoms. The minimum Gasteiger partial charge on any atom is -0.496 e. The van der Waals surface area contributed by atoms with E-state index in [1.54, 1.807) is 14.0 Å². The lowest BCUT2D eigenvalue weighted by atomic mass is 9.93. The lowest BCUT2D eigenvalue weighted by Gasteiger charge is -2.20. The van der Waals surface area contributed by atoms with E-state index in [4.69, 9.17) is 15.6 Å². The van der Waals surface area contributed by atoms with Crippen LogP contribution in [0.3, 0.4) is 0 Å². The number of aliphatic carboxylic acids is 1. The summed E-state index contributed by atoms with van der Waals surface area (Å²) in [5.74, 6) is -0.903. The van der Waals surface area contributed by atoms with Crippen LogP contribution in [0.25, 0.3) is 0 Å². The molecule has 0 saturated carbocycles. The molecule has 0 fully saturated rings. The van der Waals surface area contributed by atoms with Crippen LogP contribution in [0.15, 0.2) is 18.2 Å². The second-order valence-corrected chi connectivity index (χ2v) is 4.08. The van der Waals surface area contributed by atoms with Crippen LogP contribution in [0.2, 0.25) is 0 Å². The van der Waals surface area contributed by atoms with Crippen molar-refractivity contribution in [2.45, 2.75) is 26.3 Å². The van der Waals surface area contributed by atoms with E-state index < -0.39 is 17.9 Å². The van der Waals surface area contributed by atoms with Crippen molar-refractivity contribution < 1.29 is 14.6 Å². The third kappa shape index (κ3) is 2.97. The van der Waals surface area contributed by atoms with Crippen LogP contribution < -0.4 is 10.5 Å². The van der Waals surface area contributed by atoms with Crippen molar-refractivity contribution in [3.05, 3.63) is 29.3 Å². The number of hydrogen-bond donors (Lipinski definition) is 2. The molecule has 17 heavy (non-hydrogen) atoms. The molecule has 0 amide bonds. The van der Waals surface area contributed by atoms with Gasteiger partial charge in [-0.3, -0.25) is 4.79 Å². The topological polar surface area (TPSA) is 72.5 Å². The summed E-state index contributed by atoms with van der Waals surface area (Å²) >= 11 is 0. The fourth-order valence-corrected chi connectivity index (χ4v) is 1.69. The van der Waals surface area contributed by atoms with Gasteiger partial charge in [-0.15, -0.1) is 0 Å². The lowest BCUT2D eigenvalue weighted by Crippen LogP contribution is -2.26. The maximum Gasteiger partial charge on any atom is 0.308 e. The molecule has 0 aromatic heterocycles. The van der Waals surface area contributed by atoms with Crippen LogP contribution in [0.5, 0.6) is 5.75 Å². The molecule has 0 bridgehead atoms. The first-order chi connectivity index (χ1) is 8.01. The standard InChI is InChI=1S/C13H19NO3/c1-4-9-5-6-11(17-3)10(7-9)12(14)8(2)13(15)16/h5-8,12H,4,14H2,1-3H3,(H,15,16). The molecule has 1 aromatic rings. The molecule has 0 aliphatic rings. The van der Waals surface area contributed by atoms with Gasteiger partial charge in [0.1, 0.15) is 5.75 Å². The number of carboxylic acid groups (broad SMARTS) is 1. The third-order valence-corrected chi connectivity index (χ3v) is 2.99. The summed E-state index contributed by atoms with van der Waals surface area (Å²) in [4.78, 5) is 10.9. The van der Waals surface area contributed by atoms with Crippen LogP contribution in [0.4, 0.5) is 0 Å². The number of rotatable bonds is 5. The van der Waals surface area contributed by atoms with E-state index in [-0.39, 0.29) is 0 Å². The summed E-state index contributed by atoms with van der Waals surface area (Å²) in [6.07, 6.45) is 0.880. The highest BCUT2D eigenvalue weighted by molar-refractivity contribution is 5.71. The molecule has 0 radical (unpaired) electrons. The molecular formula is C13H19NO3. The van der Waals surface area contributed by atoms with Crippen molar-refractivity contribution in [3.63, 3.8) is 0 Å². The Balaban J connectivity index is 3.13. The summed E-state index contributed by atoms with van der Waals surface area (Å²) in [6, 6.07) is 5.15. The summed E-state index contributed by atoms with van der Waals surface area (Å²) in [6.45, 7) is 3.64. The second-order valence-electron chi connectivity index (χ2n) is 4.08. The van der Waals surface area contributed by atoms with E-state index >= 15 is 0 Å². The molecule has 4 heteroatoms. The van der Waals surface area contributed by atoms with E-state index in [9.17, 15) is 4.79 Å². The van der Waals surface area contributed by atoms with Gasteiger partial charge in [0, 0.05) is 11.6 Å². The Bertz CT molecular complexity index is 404. The van der Waals surface area contributed by atoms with Crippen molar-refractivity contribution in [2.24, 2.45) is 11.7 Å². The average molecular weight is 237 g/mol. The highest BCUT2D eigenvalue weighted by Gasteiger charge is 2.24. The smallest absolute Gasteiger partial charge is 0.308 e. The summed E-state index contributed by atoms with van der Waals surface area (Å²) in [5.41, 5.74) is 7.85. The molecule has 0 aliphatic carbocycles. The van der Waals surface area contributed by atoms with E-state index in [0.29, 0.717) is 5.75 Å². The first kappa shape index (κ1) is 13.5. The first-order valence-corrected chi connectivity index (χ1v) is 5.66. The maximum atomic E-state index is 10.9. The van der Waals surface area contributed by atoms with Gasteiger partial charge >= 0.3 is 5.97 Å². The number of aryl methyl sites for hydroxylation is 1. The normalized spacial score (nSPS) is 14.1. The van der Waals surface area contributed by atoms with Crippen LogP contribution in [-0.2, 0) is 11.2 Å². The van der Waals surface area contributed by atoms with Gasteiger partial charge in [0.2, 0.25) is 0 Å². The predicted octanol–water partition coefficient (Wildman–Crippen LogP) is 1.98. The number of ether oxygens (including phenoxy) is 1. The van der Waals surface area contributed by atoms with Crippen molar-refractivity contribution in [1.82, 2.24) is 0 Å². The molecule has 94 valence electrons. The highest BCUT2D eigenvalue weighted by atomic mass is 16.5. The van der Waals surface area contributed by atoms with Crippen LogP contribution in [0, 0.1) is 5.92 Å². The molecular weight excluding hydrogens is 218 g/mol. The number of carboxylic acids is 1. The van der Waals surface area contributed by atoms with Crippen molar-refractivity contribution in [3.8, 4) is 5.75 Å². The molecule has 0 heterocycles. The van der Waals surface area contributed by atoms with E-state index in [1.807, 2.05) is 25.1 Å². The Morgan fingerprint density at radius 2 is 2.18 bits per heavy atom. The van der Waals surface area contributed by atoms with E-state index in [1.165, 1.54) is 0 Å². The fourth-order valence-electron chi connectivity index (χ4n) is 1.69. The molecule has 1 aromatic carbocycles. The van der Waals surface area contributed by atoms with Crippen molar-refractivity contribution >= 4 is 5.97 Å².